The predicted octanol–water partition coefficient (Wildman–Crippen LogP) is 29.4. The first-order valence-corrected chi connectivity index (χ1v) is 41.5. The van der Waals surface area contributed by atoms with Crippen molar-refractivity contribution >= 4 is 101 Å². The van der Waals surface area contributed by atoms with Crippen molar-refractivity contribution in [2.75, 3.05) is 9.80 Å². The lowest BCUT2D eigenvalue weighted by Gasteiger charge is -2.46. The van der Waals surface area contributed by atoms with Gasteiger partial charge in [-0.05, 0) is 236 Å². The first-order valence-electron chi connectivity index (χ1n) is 41.5. The van der Waals surface area contributed by atoms with E-state index in [1.165, 1.54) is 142 Å². The molecule has 0 radical (unpaired) electrons. The highest BCUT2D eigenvalue weighted by molar-refractivity contribution is 7.00. The Hall–Kier alpha value is -10.9. The van der Waals surface area contributed by atoms with Gasteiger partial charge in [0, 0.05) is 66.5 Å². The van der Waals surface area contributed by atoms with Crippen LogP contribution in [0.1, 0.15) is 202 Å². The standard InChI is InChI=1S/C108H107BN2O2/c1-103(2,3)76-44-32-67(33-45-76)86-62-80(107(13,14)15)63-87(68-34-46-77(47-35-68)104(4,5)6)101(86)110-92-56-71(73-40-52-84-82-28-22-24-30-96(82)112-98(84)60-73)42-54-90(92)109-91-55-43-72(74-41-53-85-83-29-23-25-31-97(83)113-99(85)61-74)57-93(91)111(95-59-75(58-94(110)100(95)109)66-26-20-19-21-27-66)102-88(69-36-48-78(49-37-69)105(7,8)9)64-81(108(16,17)18)65-89(102)70-38-50-79(51-39-70)106(10,11)12/h22-25,28-66H,19-21,26-27H2,1-18H3. The van der Waals surface area contributed by atoms with Crippen LogP contribution in [0.5, 0.6) is 0 Å². The molecule has 3 aliphatic rings. The molecule has 0 unspecified atom stereocenters. The monoisotopic (exact) mass is 1470 g/mol. The number of furan rings is 2. The van der Waals surface area contributed by atoms with Crippen LogP contribution in [-0.2, 0) is 32.5 Å². The van der Waals surface area contributed by atoms with Crippen LogP contribution in [0.25, 0.3) is 111 Å². The third-order valence-corrected chi connectivity index (χ3v) is 25.2. The number of hydrogen-bond acceptors (Lipinski definition) is 4. The molecule has 1 saturated carbocycles. The molecule has 18 rings (SSSR count). The van der Waals surface area contributed by atoms with Crippen molar-refractivity contribution in [3.05, 3.63) is 294 Å². The van der Waals surface area contributed by atoms with Gasteiger partial charge in [0.2, 0.25) is 0 Å². The van der Waals surface area contributed by atoms with Crippen LogP contribution in [0.15, 0.2) is 264 Å². The van der Waals surface area contributed by atoms with E-state index in [1.807, 2.05) is 0 Å². The fourth-order valence-corrected chi connectivity index (χ4v) is 18.4. The van der Waals surface area contributed by atoms with Gasteiger partial charge >= 0.3 is 0 Å². The van der Waals surface area contributed by atoms with Gasteiger partial charge in [0.1, 0.15) is 22.3 Å². The summed E-state index contributed by atoms with van der Waals surface area (Å²) in [6, 6.07) is 99.8. The van der Waals surface area contributed by atoms with E-state index in [0.717, 1.165) is 90.3 Å². The lowest BCUT2D eigenvalue weighted by molar-refractivity contribution is 0.444. The maximum atomic E-state index is 6.79. The van der Waals surface area contributed by atoms with Crippen molar-refractivity contribution in [1.82, 2.24) is 0 Å². The highest BCUT2D eigenvalue weighted by atomic mass is 16.3. The Morgan fingerprint density at radius 3 is 0.885 bits per heavy atom. The van der Waals surface area contributed by atoms with Crippen molar-refractivity contribution in [2.24, 2.45) is 0 Å². The van der Waals surface area contributed by atoms with Crippen molar-refractivity contribution in [3.8, 4) is 66.8 Å². The smallest absolute Gasteiger partial charge is 0.252 e. The quantitative estimate of drug-likeness (QED) is 0.135. The Kier molecular flexibility index (Phi) is 17.5. The molecule has 0 saturated heterocycles. The Balaban J connectivity index is 1.01. The molecule has 4 heterocycles. The van der Waals surface area contributed by atoms with Crippen LogP contribution < -0.4 is 26.2 Å². The molecule has 1 aliphatic carbocycles. The largest absolute Gasteiger partial charge is 0.456 e. The topological polar surface area (TPSA) is 32.8 Å². The van der Waals surface area contributed by atoms with Gasteiger partial charge in [-0.15, -0.1) is 0 Å². The number of hydrogen-bond donors (Lipinski definition) is 0. The SMILES string of the molecule is CC(C)(C)c1ccc(-c2cc(C(C)(C)C)cc(-c3ccc(C(C)(C)C)cc3)c2N2c3cc(-c4ccc5c(c4)oc4ccccc45)ccc3B3c4ccc(-c5ccc6c(c5)oc5ccccc56)cc4N(c4c(-c5ccc(C(C)(C)C)cc5)cc(C(C)(C)C)cc4-c4ccc(C(C)(C)C)cc4)c4cc(C5CCCCC5)cc2c43)cc1. The molecule has 13 aromatic carbocycles. The van der Waals surface area contributed by atoms with Crippen molar-refractivity contribution in [1.29, 1.82) is 0 Å². The van der Waals surface area contributed by atoms with Crippen LogP contribution in [-0.4, -0.2) is 6.71 Å². The van der Waals surface area contributed by atoms with Gasteiger partial charge < -0.3 is 18.6 Å². The molecule has 15 aromatic rings. The summed E-state index contributed by atoms with van der Waals surface area (Å²) in [7, 11) is 0. The lowest BCUT2D eigenvalue weighted by Crippen LogP contribution is -2.61. The molecule has 2 aromatic heterocycles. The minimum Gasteiger partial charge on any atom is -0.456 e. The molecule has 0 atom stereocenters. The van der Waals surface area contributed by atoms with E-state index in [0.29, 0.717) is 5.92 Å². The number of para-hydroxylation sites is 2. The summed E-state index contributed by atoms with van der Waals surface area (Å²) in [6.45, 7) is 42.1. The number of fused-ring (bicyclic) bond motifs is 10. The van der Waals surface area contributed by atoms with Crippen molar-refractivity contribution < 1.29 is 8.83 Å². The molecule has 0 N–H and O–H groups in total. The Bertz CT molecular complexity index is 5720. The third kappa shape index (κ3) is 13.1. The maximum Gasteiger partial charge on any atom is 0.252 e. The molecule has 113 heavy (non-hydrogen) atoms. The number of benzene rings is 13. The molecule has 0 amide bonds. The van der Waals surface area contributed by atoms with Gasteiger partial charge in [-0.1, -0.05) is 314 Å². The fourth-order valence-electron chi connectivity index (χ4n) is 18.4. The van der Waals surface area contributed by atoms with E-state index in [1.54, 1.807) is 0 Å². The van der Waals surface area contributed by atoms with Gasteiger partial charge in [-0.2, -0.15) is 0 Å². The second kappa shape index (κ2) is 26.9. The highest BCUT2D eigenvalue weighted by Gasteiger charge is 2.47. The van der Waals surface area contributed by atoms with Crippen LogP contribution in [0.3, 0.4) is 0 Å². The predicted molar refractivity (Wildman–Crippen MR) is 486 cm³/mol. The second-order valence-electron chi connectivity index (χ2n) is 39.2. The Morgan fingerprint density at radius 1 is 0.265 bits per heavy atom. The van der Waals surface area contributed by atoms with E-state index >= 15 is 0 Å². The summed E-state index contributed by atoms with van der Waals surface area (Å²) >= 11 is 0. The van der Waals surface area contributed by atoms with E-state index in [9.17, 15) is 0 Å². The maximum absolute atomic E-state index is 6.79. The highest BCUT2D eigenvalue weighted by Crippen LogP contribution is 2.57. The summed E-state index contributed by atoms with van der Waals surface area (Å²) in [5, 5.41) is 4.49. The summed E-state index contributed by atoms with van der Waals surface area (Å²) in [5.74, 6) is 0.313. The van der Waals surface area contributed by atoms with Crippen LogP contribution >= 0.6 is 0 Å². The van der Waals surface area contributed by atoms with E-state index in [2.05, 4.69) is 389 Å². The van der Waals surface area contributed by atoms with Crippen LogP contribution in [0.4, 0.5) is 34.1 Å². The first kappa shape index (κ1) is 73.6. The number of nitrogens with zero attached hydrogens (tertiary/aromatic N) is 2. The minimum absolute atomic E-state index is 0.0561. The average Bonchev–Trinajstić information content (AvgIpc) is 1.50. The van der Waals surface area contributed by atoms with Gasteiger partial charge in [0.25, 0.3) is 6.71 Å². The van der Waals surface area contributed by atoms with Crippen molar-refractivity contribution in [3.63, 3.8) is 0 Å². The van der Waals surface area contributed by atoms with Crippen LogP contribution in [0.2, 0.25) is 0 Å². The molecule has 564 valence electrons. The summed E-state index contributed by atoms with van der Waals surface area (Å²) < 4.78 is 13.6. The third-order valence-electron chi connectivity index (χ3n) is 25.2. The van der Waals surface area contributed by atoms with E-state index in [-0.39, 0.29) is 39.2 Å². The summed E-state index contributed by atoms with van der Waals surface area (Å²) in [4.78, 5) is 5.60. The van der Waals surface area contributed by atoms with Gasteiger partial charge in [-0.3, -0.25) is 0 Å². The summed E-state index contributed by atoms with van der Waals surface area (Å²) in [5.41, 5.74) is 36.9. The zero-order valence-electron chi connectivity index (χ0n) is 69.6. The normalized spacial score (nSPS) is 14.4. The van der Waals surface area contributed by atoms with Gasteiger partial charge in [0.05, 0.1) is 11.4 Å². The fraction of sp³-hybridized carbons (Fsp3) is 0.278. The molecule has 0 spiro atoms. The van der Waals surface area contributed by atoms with E-state index in [4.69, 9.17) is 8.83 Å². The number of anilines is 6. The van der Waals surface area contributed by atoms with Crippen LogP contribution in [0, 0.1) is 0 Å². The Morgan fingerprint density at radius 2 is 0.558 bits per heavy atom. The average molecular weight is 1480 g/mol. The molecular formula is C108H107BN2O2. The molecule has 5 heteroatoms. The van der Waals surface area contributed by atoms with Gasteiger partial charge in [-0.25, -0.2) is 0 Å². The zero-order valence-corrected chi connectivity index (χ0v) is 69.6. The number of rotatable bonds is 9. The molecule has 1 fully saturated rings. The first-order chi connectivity index (χ1) is 53.8. The molecule has 2 aliphatic heterocycles. The summed E-state index contributed by atoms with van der Waals surface area (Å²) in [6.07, 6.45) is 5.85. The van der Waals surface area contributed by atoms with E-state index < -0.39 is 0 Å². The zero-order chi connectivity index (χ0) is 78.7. The Labute approximate surface area is 671 Å². The lowest BCUT2D eigenvalue weighted by atomic mass is 9.33. The minimum atomic E-state index is -0.229. The van der Waals surface area contributed by atoms with Gasteiger partial charge in [0.15, 0.2) is 0 Å². The van der Waals surface area contributed by atoms with Crippen molar-refractivity contribution in [2.45, 2.75) is 195 Å². The molecular weight excluding hydrogens is 1370 g/mol. The molecule has 0 bridgehead atoms. The molecule has 4 nitrogen and oxygen atoms in total. The second-order valence-corrected chi connectivity index (χ2v) is 39.2.